The van der Waals surface area contributed by atoms with Crippen molar-refractivity contribution >= 4 is 12.1 Å². The Labute approximate surface area is 134 Å². The zero-order chi connectivity index (χ0) is 17.6. The van der Waals surface area contributed by atoms with Crippen molar-refractivity contribution in [2.75, 3.05) is 6.61 Å². The van der Waals surface area contributed by atoms with Crippen LogP contribution in [-0.2, 0) is 14.3 Å². The third-order valence-electron chi connectivity index (χ3n) is 2.74. The molecule has 0 bridgehead atoms. The maximum absolute atomic E-state index is 13.0. The number of alkyl carbamates (subject to hydrolysis) is 1. The molecule has 0 heterocycles. The molecule has 0 aliphatic heterocycles. The summed E-state index contributed by atoms with van der Waals surface area (Å²) in [4.78, 5) is 23.9. The molecule has 1 amide bonds. The van der Waals surface area contributed by atoms with Gasteiger partial charge in [0.25, 0.3) is 0 Å². The predicted molar refractivity (Wildman–Crippen MR) is 81.2 cm³/mol. The number of aliphatic hydroxyl groups is 1. The number of rotatable bonds is 5. The Morgan fingerprint density at radius 2 is 1.83 bits per heavy atom. The normalized spacial score (nSPS) is 13.8. The maximum atomic E-state index is 13.0. The third-order valence-corrected chi connectivity index (χ3v) is 2.74. The van der Waals surface area contributed by atoms with Gasteiger partial charge in [-0.25, -0.2) is 14.0 Å². The van der Waals surface area contributed by atoms with Crippen LogP contribution in [0.15, 0.2) is 24.3 Å². The van der Waals surface area contributed by atoms with E-state index in [0.717, 1.165) is 12.1 Å². The number of ether oxygens (including phenoxy) is 2. The van der Waals surface area contributed by atoms with Crippen LogP contribution in [0.4, 0.5) is 9.18 Å². The largest absolute Gasteiger partial charge is 0.464 e. The van der Waals surface area contributed by atoms with Gasteiger partial charge in [0.05, 0.1) is 6.61 Å². The molecule has 0 fully saturated rings. The summed E-state index contributed by atoms with van der Waals surface area (Å²) in [5.74, 6) is -1.29. The SMILES string of the molecule is CCOC(=O)[C@H](NC(=O)OC(C)(C)C)[C@H](O)c1ccc(F)cc1. The minimum absolute atomic E-state index is 0.0848. The summed E-state index contributed by atoms with van der Waals surface area (Å²) in [6.45, 7) is 6.70. The lowest BCUT2D eigenvalue weighted by Gasteiger charge is -2.25. The lowest BCUT2D eigenvalue weighted by molar-refractivity contribution is -0.148. The molecule has 0 spiro atoms. The minimum Gasteiger partial charge on any atom is -0.464 e. The van der Waals surface area contributed by atoms with Crippen molar-refractivity contribution < 1.29 is 28.6 Å². The number of amides is 1. The molecule has 0 aromatic heterocycles. The van der Waals surface area contributed by atoms with E-state index in [2.05, 4.69) is 5.32 Å². The van der Waals surface area contributed by atoms with Crippen LogP contribution in [0, 0.1) is 5.82 Å². The van der Waals surface area contributed by atoms with Crippen LogP contribution in [0.3, 0.4) is 0 Å². The molecule has 23 heavy (non-hydrogen) atoms. The molecule has 7 heteroatoms. The van der Waals surface area contributed by atoms with Crippen molar-refractivity contribution in [3.8, 4) is 0 Å². The van der Waals surface area contributed by atoms with E-state index in [1.807, 2.05) is 0 Å². The zero-order valence-electron chi connectivity index (χ0n) is 13.6. The summed E-state index contributed by atoms with van der Waals surface area (Å²) in [5, 5.41) is 12.6. The second-order valence-electron chi connectivity index (χ2n) is 5.87. The fourth-order valence-electron chi connectivity index (χ4n) is 1.79. The highest BCUT2D eigenvalue weighted by molar-refractivity contribution is 5.82. The Morgan fingerprint density at radius 3 is 2.30 bits per heavy atom. The molecule has 2 atom stereocenters. The first-order chi connectivity index (χ1) is 10.6. The molecular weight excluding hydrogens is 305 g/mol. The molecule has 0 radical (unpaired) electrons. The van der Waals surface area contributed by atoms with Crippen LogP contribution >= 0.6 is 0 Å². The third kappa shape index (κ3) is 6.23. The number of carbonyl (C=O) groups is 2. The zero-order valence-corrected chi connectivity index (χ0v) is 13.6. The molecular formula is C16H22FNO5. The Kier molecular flexibility index (Phi) is 6.50. The maximum Gasteiger partial charge on any atom is 0.408 e. The van der Waals surface area contributed by atoms with Gasteiger partial charge in [-0.3, -0.25) is 0 Å². The monoisotopic (exact) mass is 327 g/mol. The van der Waals surface area contributed by atoms with Crippen LogP contribution in [0.25, 0.3) is 0 Å². The number of hydrogen-bond acceptors (Lipinski definition) is 5. The van der Waals surface area contributed by atoms with Crippen LogP contribution in [-0.4, -0.2) is 35.4 Å². The van der Waals surface area contributed by atoms with E-state index in [9.17, 15) is 19.1 Å². The Morgan fingerprint density at radius 1 is 1.26 bits per heavy atom. The number of benzene rings is 1. The standard InChI is InChI=1S/C16H22FNO5/c1-5-22-14(20)12(18-15(21)23-16(2,3)4)13(19)10-6-8-11(17)9-7-10/h6-9,12-13,19H,5H2,1-4H3,(H,18,21)/t12-,13-/m1/s1. The van der Waals surface area contributed by atoms with Gasteiger partial charge in [-0.05, 0) is 45.4 Å². The van der Waals surface area contributed by atoms with Gasteiger partial charge in [-0.2, -0.15) is 0 Å². The van der Waals surface area contributed by atoms with Crippen molar-refractivity contribution in [2.45, 2.75) is 45.4 Å². The molecule has 0 saturated carbocycles. The number of hydrogen-bond donors (Lipinski definition) is 2. The summed E-state index contributed by atoms with van der Waals surface area (Å²) < 4.78 is 22.9. The second kappa shape index (κ2) is 7.92. The van der Waals surface area contributed by atoms with Gasteiger partial charge in [0.2, 0.25) is 0 Å². The molecule has 0 aliphatic carbocycles. The molecule has 128 valence electrons. The fraction of sp³-hybridized carbons (Fsp3) is 0.500. The molecule has 6 nitrogen and oxygen atoms in total. The smallest absolute Gasteiger partial charge is 0.408 e. The van der Waals surface area contributed by atoms with E-state index in [1.54, 1.807) is 27.7 Å². The van der Waals surface area contributed by atoms with Gasteiger partial charge in [-0.15, -0.1) is 0 Å². The van der Waals surface area contributed by atoms with Gasteiger partial charge in [0.15, 0.2) is 6.04 Å². The number of carbonyl (C=O) groups excluding carboxylic acids is 2. The molecule has 0 unspecified atom stereocenters. The molecule has 0 aliphatic rings. The van der Waals surface area contributed by atoms with E-state index in [4.69, 9.17) is 9.47 Å². The van der Waals surface area contributed by atoms with Gasteiger partial charge in [0.1, 0.15) is 17.5 Å². The van der Waals surface area contributed by atoms with E-state index in [-0.39, 0.29) is 12.2 Å². The number of aliphatic hydroxyl groups excluding tert-OH is 1. The lowest BCUT2D eigenvalue weighted by atomic mass is 10.0. The van der Waals surface area contributed by atoms with Crippen molar-refractivity contribution in [3.63, 3.8) is 0 Å². The highest BCUT2D eigenvalue weighted by atomic mass is 19.1. The van der Waals surface area contributed by atoms with Crippen LogP contribution < -0.4 is 5.32 Å². The first-order valence-electron chi connectivity index (χ1n) is 7.23. The Bertz CT molecular complexity index is 538. The van der Waals surface area contributed by atoms with Gasteiger partial charge in [0, 0.05) is 0 Å². The molecule has 1 aromatic carbocycles. The predicted octanol–water partition coefficient (Wildman–Crippen LogP) is 2.32. The van der Waals surface area contributed by atoms with E-state index in [1.165, 1.54) is 12.1 Å². The highest BCUT2D eigenvalue weighted by Gasteiger charge is 2.32. The summed E-state index contributed by atoms with van der Waals surface area (Å²) >= 11 is 0. The van der Waals surface area contributed by atoms with Crippen molar-refractivity contribution in [1.29, 1.82) is 0 Å². The summed E-state index contributed by atoms with van der Waals surface area (Å²) in [6, 6.07) is 3.57. The van der Waals surface area contributed by atoms with E-state index >= 15 is 0 Å². The fourth-order valence-corrected chi connectivity index (χ4v) is 1.79. The van der Waals surface area contributed by atoms with Crippen LogP contribution in [0.2, 0.25) is 0 Å². The summed E-state index contributed by atoms with van der Waals surface area (Å²) in [5.41, 5.74) is -0.495. The average molecular weight is 327 g/mol. The first-order valence-corrected chi connectivity index (χ1v) is 7.23. The van der Waals surface area contributed by atoms with Gasteiger partial charge in [-0.1, -0.05) is 12.1 Å². The van der Waals surface area contributed by atoms with Crippen molar-refractivity contribution in [1.82, 2.24) is 5.32 Å². The highest BCUT2D eigenvalue weighted by Crippen LogP contribution is 2.19. The van der Waals surface area contributed by atoms with Gasteiger partial charge < -0.3 is 19.9 Å². The van der Waals surface area contributed by atoms with Crippen molar-refractivity contribution in [3.05, 3.63) is 35.6 Å². The Hall–Kier alpha value is -2.15. The van der Waals surface area contributed by atoms with Gasteiger partial charge >= 0.3 is 12.1 Å². The summed E-state index contributed by atoms with van der Waals surface area (Å²) in [6.07, 6.45) is -2.26. The molecule has 1 rings (SSSR count). The number of esters is 1. The minimum atomic E-state index is -1.40. The lowest BCUT2D eigenvalue weighted by Crippen LogP contribution is -2.47. The number of nitrogens with one attached hydrogen (secondary N) is 1. The quantitative estimate of drug-likeness (QED) is 0.811. The summed E-state index contributed by atoms with van der Waals surface area (Å²) in [7, 11) is 0. The van der Waals surface area contributed by atoms with E-state index < -0.39 is 35.6 Å². The van der Waals surface area contributed by atoms with E-state index in [0.29, 0.717) is 0 Å². The molecule has 1 aromatic rings. The molecule has 0 saturated heterocycles. The van der Waals surface area contributed by atoms with Crippen molar-refractivity contribution in [2.24, 2.45) is 0 Å². The molecule has 2 N–H and O–H groups in total. The Balaban J connectivity index is 2.93. The second-order valence-corrected chi connectivity index (χ2v) is 5.87. The first kappa shape index (κ1) is 18.9. The number of halogens is 1. The topological polar surface area (TPSA) is 84.9 Å². The average Bonchev–Trinajstić information content (AvgIpc) is 2.43. The van der Waals surface area contributed by atoms with Crippen LogP contribution in [0.1, 0.15) is 39.4 Å². The van der Waals surface area contributed by atoms with Crippen LogP contribution in [0.5, 0.6) is 0 Å².